The first-order chi connectivity index (χ1) is 9.62. The fourth-order valence-corrected chi connectivity index (χ4v) is 2.79. The molecule has 3 nitrogen and oxygen atoms in total. The number of nitrogens with one attached hydrogen (secondary N) is 1. The second-order valence-corrected chi connectivity index (χ2v) is 6.18. The van der Waals surface area contributed by atoms with E-state index in [1.807, 2.05) is 11.8 Å². The lowest BCUT2D eigenvalue weighted by Gasteiger charge is -2.26. The fraction of sp³-hybridized carbons (Fsp3) is 0.688. The van der Waals surface area contributed by atoms with Crippen LogP contribution >= 0.6 is 11.8 Å². The maximum Gasteiger partial charge on any atom is 0.129 e. The van der Waals surface area contributed by atoms with Gasteiger partial charge < -0.3 is 10.2 Å². The Hall–Kier alpha value is -0.740. The molecule has 1 N–H and O–H groups in total. The Morgan fingerprint density at radius 2 is 2.10 bits per heavy atom. The number of thioether (sulfide) groups is 1. The molecule has 1 rings (SSSR count). The second-order valence-electron chi connectivity index (χ2n) is 5.27. The summed E-state index contributed by atoms with van der Waals surface area (Å²) in [4.78, 5) is 7.06. The van der Waals surface area contributed by atoms with Crippen LogP contribution in [0.2, 0.25) is 0 Å². The number of nitrogens with zero attached hydrogens (tertiary/aromatic N) is 2. The Morgan fingerprint density at radius 1 is 1.35 bits per heavy atom. The number of aryl methyl sites for hydroxylation is 1. The summed E-state index contributed by atoms with van der Waals surface area (Å²) in [6.07, 6.45) is 4.31. The molecule has 114 valence electrons. The average Bonchev–Trinajstić information content (AvgIpc) is 2.46. The molecule has 20 heavy (non-hydrogen) atoms. The van der Waals surface area contributed by atoms with Crippen molar-refractivity contribution in [3.8, 4) is 0 Å². The average molecular weight is 295 g/mol. The van der Waals surface area contributed by atoms with Gasteiger partial charge in [-0.3, -0.25) is 0 Å². The summed E-state index contributed by atoms with van der Waals surface area (Å²) >= 11 is 1.88. The Morgan fingerprint density at radius 3 is 2.70 bits per heavy atom. The van der Waals surface area contributed by atoms with Crippen molar-refractivity contribution in [1.29, 1.82) is 0 Å². The lowest BCUT2D eigenvalue weighted by Crippen LogP contribution is -2.32. The third-order valence-corrected chi connectivity index (χ3v) is 4.29. The van der Waals surface area contributed by atoms with Gasteiger partial charge >= 0.3 is 0 Å². The summed E-state index contributed by atoms with van der Waals surface area (Å²) in [6, 6.07) is 4.94. The Labute approximate surface area is 128 Å². The summed E-state index contributed by atoms with van der Waals surface area (Å²) in [6.45, 7) is 8.62. The zero-order chi connectivity index (χ0) is 15.0. The van der Waals surface area contributed by atoms with Crippen molar-refractivity contribution < 1.29 is 0 Å². The van der Waals surface area contributed by atoms with Gasteiger partial charge in [0.05, 0.1) is 0 Å². The largest absolute Gasteiger partial charge is 0.356 e. The first-order valence-electron chi connectivity index (χ1n) is 7.54. The highest BCUT2D eigenvalue weighted by Gasteiger charge is 2.12. The van der Waals surface area contributed by atoms with Crippen molar-refractivity contribution in [1.82, 2.24) is 10.3 Å². The molecular formula is C16H29N3S. The molecule has 0 aliphatic carbocycles. The van der Waals surface area contributed by atoms with Crippen molar-refractivity contribution >= 4 is 17.6 Å². The standard InChI is InChI=1S/C16H29N3S/c1-6-8-17-11-14-9-15(7-2)18-16(10-14)19(4)13(3)12-20-5/h9-10,13,17H,6-8,11-12H2,1-5H3. The van der Waals surface area contributed by atoms with Gasteiger partial charge in [-0.2, -0.15) is 11.8 Å². The molecule has 0 saturated carbocycles. The van der Waals surface area contributed by atoms with E-state index in [2.05, 4.69) is 56.4 Å². The smallest absolute Gasteiger partial charge is 0.129 e. The van der Waals surface area contributed by atoms with Crippen LogP contribution < -0.4 is 10.2 Å². The highest BCUT2D eigenvalue weighted by atomic mass is 32.2. The molecule has 0 spiro atoms. The van der Waals surface area contributed by atoms with Gasteiger partial charge in [-0.25, -0.2) is 4.98 Å². The van der Waals surface area contributed by atoms with E-state index in [9.17, 15) is 0 Å². The molecule has 0 aliphatic heterocycles. The molecule has 1 heterocycles. The summed E-state index contributed by atoms with van der Waals surface area (Å²) in [7, 11) is 2.14. The second kappa shape index (κ2) is 9.24. The third-order valence-electron chi connectivity index (χ3n) is 3.47. The molecule has 1 atom stereocenters. The Bertz CT molecular complexity index is 395. The van der Waals surface area contributed by atoms with Gasteiger partial charge in [0.15, 0.2) is 0 Å². The molecule has 0 amide bonds. The summed E-state index contributed by atoms with van der Waals surface area (Å²) < 4.78 is 0. The number of rotatable bonds is 9. The van der Waals surface area contributed by atoms with Gasteiger partial charge in [0.2, 0.25) is 0 Å². The van der Waals surface area contributed by atoms with E-state index in [0.29, 0.717) is 6.04 Å². The van der Waals surface area contributed by atoms with Crippen LogP contribution in [0.5, 0.6) is 0 Å². The summed E-state index contributed by atoms with van der Waals surface area (Å²) in [5.41, 5.74) is 2.52. The summed E-state index contributed by atoms with van der Waals surface area (Å²) in [5, 5.41) is 3.47. The monoisotopic (exact) mass is 295 g/mol. The minimum Gasteiger partial charge on any atom is -0.356 e. The SMILES string of the molecule is CCCNCc1cc(CC)nc(N(C)C(C)CSC)c1. The number of aromatic nitrogens is 1. The van der Waals surface area contributed by atoms with E-state index < -0.39 is 0 Å². The van der Waals surface area contributed by atoms with Crippen LogP contribution in [0.15, 0.2) is 12.1 Å². The minimum absolute atomic E-state index is 0.501. The normalized spacial score (nSPS) is 12.4. The highest BCUT2D eigenvalue weighted by molar-refractivity contribution is 7.98. The predicted octanol–water partition coefficient (Wildman–Crippen LogP) is 3.33. The van der Waals surface area contributed by atoms with Crippen LogP contribution in [0.3, 0.4) is 0 Å². The van der Waals surface area contributed by atoms with E-state index >= 15 is 0 Å². The number of hydrogen-bond donors (Lipinski definition) is 1. The summed E-state index contributed by atoms with van der Waals surface area (Å²) in [5.74, 6) is 2.22. The van der Waals surface area contributed by atoms with E-state index in [0.717, 1.165) is 31.1 Å². The minimum atomic E-state index is 0.501. The number of anilines is 1. The Balaban J connectivity index is 2.86. The van der Waals surface area contributed by atoms with Crippen LogP contribution in [0.25, 0.3) is 0 Å². The van der Waals surface area contributed by atoms with Gasteiger partial charge in [0.25, 0.3) is 0 Å². The topological polar surface area (TPSA) is 28.2 Å². The molecule has 0 aromatic carbocycles. The molecule has 0 bridgehead atoms. The van der Waals surface area contributed by atoms with Crippen LogP contribution in [0.4, 0.5) is 5.82 Å². The lowest BCUT2D eigenvalue weighted by molar-refractivity contribution is 0.672. The maximum absolute atomic E-state index is 4.77. The third kappa shape index (κ3) is 5.33. The molecule has 0 radical (unpaired) electrons. The molecule has 1 unspecified atom stereocenters. The lowest BCUT2D eigenvalue weighted by atomic mass is 10.1. The molecule has 0 fully saturated rings. The van der Waals surface area contributed by atoms with Gasteiger partial charge in [-0.05, 0) is 50.3 Å². The van der Waals surface area contributed by atoms with E-state index in [1.54, 1.807) is 0 Å². The fourth-order valence-electron chi connectivity index (χ4n) is 2.09. The Kier molecular flexibility index (Phi) is 8.00. The van der Waals surface area contributed by atoms with Crippen molar-refractivity contribution in [2.45, 2.75) is 46.2 Å². The van der Waals surface area contributed by atoms with Crippen molar-refractivity contribution in [2.75, 3.05) is 30.5 Å². The van der Waals surface area contributed by atoms with Crippen molar-refractivity contribution in [3.63, 3.8) is 0 Å². The number of pyridine rings is 1. The van der Waals surface area contributed by atoms with Crippen molar-refractivity contribution in [2.24, 2.45) is 0 Å². The zero-order valence-electron chi connectivity index (χ0n) is 13.6. The van der Waals surface area contributed by atoms with Crippen LogP contribution in [-0.4, -0.2) is 36.6 Å². The van der Waals surface area contributed by atoms with E-state index in [-0.39, 0.29) is 0 Å². The quantitative estimate of drug-likeness (QED) is 0.707. The van der Waals surface area contributed by atoms with Gasteiger partial charge in [0.1, 0.15) is 5.82 Å². The van der Waals surface area contributed by atoms with Gasteiger partial charge in [-0.15, -0.1) is 0 Å². The van der Waals surface area contributed by atoms with Gasteiger partial charge in [-0.1, -0.05) is 13.8 Å². The van der Waals surface area contributed by atoms with E-state index in [1.165, 1.54) is 17.7 Å². The zero-order valence-corrected chi connectivity index (χ0v) is 14.4. The van der Waals surface area contributed by atoms with E-state index in [4.69, 9.17) is 4.98 Å². The number of hydrogen-bond acceptors (Lipinski definition) is 4. The first-order valence-corrected chi connectivity index (χ1v) is 8.94. The van der Waals surface area contributed by atoms with Crippen LogP contribution in [-0.2, 0) is 13.0 Å². The molecule has 1 aromatic heterocycles. The first kappa shape index (κ1) is 17.3. The molecule has 4 heteroatoms. The van der Waals surface area contributed by atoms with Gasteiger partial charge in [0, 0.05) is 31.1 Å². The van der Waals surface area contributed by atoms with Crippen molar-refractivity contribution in [3.05, 3.63) is 23.4 Å². The molecular weight excluding hydrogens is 266 g/mol. The van der Waals surface area contributed by atoms with Crippen LogP contribution in [0.1, 0.15) is 38.4 Å². The maximum atomic E-state index is 4.77. The highest BCUT2D eigenvalue weighted by Crippen LogP contribution is 2.18. The molecule has 1 aromatic rings. The molecule has 0 aliphatic rings. The predicted molar refractivity (Wildman–Crippen MR) is 91.9 cm³/mol. The van der Waals surface area contributed by atoms with Crippen LogP contribution in [0, 0.1) is 0 Å². The molecule has 0 saturated heterocycles.